The molecule has 0 aliphatic carbocycles. The number of benzene rings is 1. The fourth-order valence-electron chi connectivity index (χ4n) is 1.88. The SMILES string of the molecule is Cc1ccccc1C1=N/C(=C/c2ccc(Br)s2)C(=O)O1. The van der Waals surface area contributed by atoms with Gasteiger partial charge in [-0.1, -0.05) is 18.2 Å². The molecule has 0 saturated carbocycles. The van der Waals surface area contributed by atoms with Crippen LogP contribution in [0.25, 0.3) is 6.08 Å². The number of carbonyl (C=O) groups is 1. The predicted octanol–water partition coefficient (Wildman–Crippen LogP) is 4.16. The van der Waals surface area contributed by atoms with Crippen molar-refractivity contribution in [1.82, 2.24) is 0 Å². The summed E-state index contributed by atoms with van der Waals surface area (Å²) in [6.07, 6.45) is 1.74. The molecule has 2 aromatic rings. The van der Waals surface area contributed by atoms with E-state index in [1.54, 1.807) is 17.4 Å². The lowest BCUT2D eigenvalue weighted by Crippen LogP contribution is -2.06. The maximum atomic E-state index is 11.9. The van der Waals surface area contributed by atoms with Crippen molar-refractivity contribution in [2.75, 3.05) is 0 Å². The van der Waals surface area contributed by atoms with Gasteiger partial charge in [-0.05, 0) is 52.7 Å². The van der Waals surface area contributed by atoms with E-state index in [1.807, 2.05) is 43.3 Å². The monoisotopic (exact) mass is 347 g/mol. The van der Waals surface area contributed by atoms with Crippen LogP contribution in [0.4, 0.5) is 0 Å². The molecule has 0 bridgehead atoms. The van der Waals surface area contributed by atoms with E-state index in [1.165, 1.54) is 0 Å². The largest absolute Gasteiger partial charge is 0.402 e. The Morgan fingerprint density at radius 2 is 2.05 bits per heavy atom. The molecule has 3 nitrogen and oxygen atoms in total. The minimum Gasteiger partial charge on any atom is -0.402 e. The van der Waals surface area contributed by atoms with Crippen molar-refractivity contribution < 1.29 is 9.53 Å². The summed E-state index contributed by atoms with van der Waals surface area (Å²) in [5.74, 6) is -0.0391. The van der Waals surface area contributed by atoms with E-state index in [9.17, 15) is 4.79 Å². The Labute approximate surface area is 128 Å². The zero-order valence-electron chi connectivity index (χ0n) is 10.6. The highest BCUT2D eigenvalue weighted by atomic mass is 79.9. The third-order valence-corrected chi connectivity index (χ3v) is 4.44. The second kappa shape index (κ2) is 5.34. The van der Waals surface area contributed by atoms with Crippen molar-refractivity contribution in [3.8, 4) is 0 Å². The molecule has 1 aliphatic heterocycles. The van der Waals surface area contributed by atoms with Crippen LogP contribution in [0.1, 0.15) is 16.0 Å². The van der Waals surface area contributed by atoms with Gasteiger partial charge in [0, 0.05) is 10.4 Å². The number of aliphatic imine (C=N–C) groups is 1. The molecule has 100 valence electrons. The maximum absolute atomic E-state index is 11.9. The van der Waals surface area contributed by atoms with Gasteiger partial charge in [0.25, 0.3) is 0 Å². The molecular weight excluding hydrogens is 338 g/mol. The number of nitrogens with zero attached hydrogens (tertiary/aromatic N) is 1. The van der Waals surface area contributed by atoms with Gasteiger partial charge in [0.05, 0.1) is 3.79 Å². The van der Waals surface area contributed by atoms with E-state index >= 15 is 0 Å². The highest BCUT2D eigenvalue weighted by Crippen LogP contribution is 2.26. The standard InChI is InChI=1S/C15H10BrNO2S/c1-9-4-2-3-5-11(9)14-17-12(15(18)19-14)8-10-6-7-13(16)20-10/h2-8H,1H3/b12-8+. The van der Waals surface area contributed by atoms with Gasteiger partial charge in [-0.3, -0.25) is 0 Å². The van der Waals surface area contributed by atoms with Crippen molar-refractivity contribution in [1.29, 1.82) is 0 Å². The normalized spacial score (nSPS) is 16.4. The molecule has 0 atom stereocenters. The third-order valence-electron chi connectivity index (χ3n) is 2.87. The first-order valence-electron chi connectivity index (χ1n) is 5.97. The summed E-state index contributed by atoms with van der Waals surface area (Å²) >= 11 is 4.93. The minimum atomic E-state index is -0.409. The number of hydrogen-bond donors (Lipinski definition) is 0. The molecular formula is C15H10BrNO2S. The number of aryl methyl sites for hydroxylation is 1. The van der Waals surface area contributed by atoms with Gasteiger partial charge in [0.2, 0.25) is 5.90 Å². The van der Waals surface area contributed by atoms with Crippen LogP contribution in [0, 0.1) is 6.92 Å². The highest BCUT2D eigenvalue weighted by molar-refractivity contribution is 9.11. The fourth-order valence-corrected chi connectivity index (χ4v) is 3.24. The van der Waals surface area contributed by atoms with Gasteiger partial charge >= 0.3 is 5.97 Å². The van der Waals surface area contributed by atoms with Crippen LogP contribution in [-0.2, 0) is 9.53 Å². The molecule has 1 aromatic carbocycles. The van der Waals surface area contributed by atoms with Gasteiger partial charge in [0.1, 0.15) is 0 Å². The smallest absolute Gasteiger partial charge is 0.363 e. The third kappa shape index (κ3) is 2.59. The molecule has 0 radical (unpaired) electrons. The predicted molar refractivity (Wildman–Crippen MR) is 83.8 cm³/mol. The zero-order valence-corrected chi connectivity index (χ0v) is 13.0. The van der Waals surface area contributed by atoms with Gasteiger partial charge in [-0.15, -0.1) is 11.3 Å². The van der Waals surface area contributed by atoms with Crippen molar-refractivity contribution in [3.05, 3.63) is 61.9 Å². The van der Waals surface area contributed by atoms with Crippen molar-refractivity contribution in [2.24, 2.45) is 4.99 Å². The van der Waals surface area contributed by atoms with Crippen LogP contribution < -0.4 is 0 Å². The number of rotatable bonds is 2. The fraction of sp³-hybridized carbons (Fsp3) is 0.0667. The van der Waals surface area contributed by atoms with Crippen LogP contribution in [0.3, 0.4) is 0 Å². The lowest BCUT2D eigenvalue weighted by molar-refractivity contribution is -0.129. The quantitative estimate of drug-likeness (QED) is 0.604. The van der Waals surface area contributed by atoms with Crippen LogP contribution >= 0.6 is 27.3 Å². The van der Waals surface area contributed by atoms with E-state index in [0.717, 1.165) is 19.8 Å². The second-order valence-electron chi connectivity index (χ2n) is 4.29. The molecule has 0 spiro atoms. The molecule has 0 saturated heterocycles. The Morgan fingerprint density at radius 3 is 2.75 bits per heavy atom. The maximum Gasteiger partial charge on any atom is 0.363 e. The summed E-state index contributed by atoms with van der Waals surface area (Å²) in [6, 6.07) is 11.6. The molecule has 2 heterocycles. The lowest BCUT2D eigenvalue weighted by Gasteiger charge is -2.02. The number of carbonyl (C=O) groups excluding carboxylic acids is 1. The first-order chi connectivity index (χ1) is 9.63. The van der Waals surface area contributed by atoms with Gasteiger partial charge in [-0.2, -0.15) is 0 Å². The first-order valence-corrected chi connectivity index (χ1v) is 7.58. The van der Waals surface area contributed by atoms with Crippen LogP contribution in [-0.4, -0.2) is 11.9 Å². The summed E-state index contributed by atoms with van der Waals surface area (Å²) in [7, 11) is 0. The van der Waals surface area contributed by atoms with Crippen molar-refractivity contribution >= 4 is 45.2 Å². The summed E-state index contributed by atoms with van der Waals surface area (Å²) in [6.45, 7) is 1.96. The number of thiophene rings is 1. The average molecular weight is 348 g/mol. The minimum absolute atomic E-state index is 0.331. The summed E-state index contributed by atoms with van der Waals surface area (Å²) < 4.78 is 6.27. The Kier molecular flexibility index (Phi) is 3.54. The number of cyclic esters (lactones) is 1. The van der Waals surface area contributed by atoms with Crippen molar-refractivity contribution in [2.45, 2.75) is 6.92 Å². The Balaban J connectivity index is 1.97. The number of esters is 1. The second-order valence-corrected chi connectivity index (χ2v) is 6.79. The van der Waals surface area contributed by atoms with E-state index in [4.69, 9.17) is 4.74 Å². The topological polar surface area (TPSA) is 38.7 Å². The molecule has 3 rings (SSSR count). The van der Waals surface area contributed by atoms with Gasteiger partial charge < -0.3 is 4.74 Å². The summed E-state index contributed by atoms with van der Waals surface area (Å²) in [5, 5.41) is 0. The molecule has 5 heteroatoms. The molecule has 0 amide bonds. The van der Waals surface area contributed by atoms with Crippen LogP contribution in [0.5, 0.6) is 0 Å². The Hall–Kier alpha value is -1.72. The van der Waals surface area contributed by atoms with Gasteiger partial charge in [0.15, 0.2) is 5.70 Å². The van der Waals surface area contributed by atoms with Gasteiger partial charge in [-0.25, -0.2) is 9.79 Å². The number of halogens is 1. The average Bonchev–Trinajstić information content (AvgIpc) is 2.98. The summed E-state index contributed by atoms with van der Waals surface area (Å²) in [4.78, 5) is 17.1. The first kappa shape index (κ1) is 13.3. The van der Waals surface area contributed by atoms with Crippen LogP contribution in [0.2, 0.25) is 0 Å². The van der Waals surface area contributed by atoms with Crippen molar-refractivity contribution in [3.63, 3.8) is 0 Å². The number of ether oxygens (including phenoxy) is 1. The van der Waals surface area contributed by atoms with E-state index in [2.05, 4.69) is 20.9 Å². The van der Waals surface area contributed by atoms with E-state index in [-0.39, 0.29) is 0 Å². The van der Waals surface area contributed by atoms with E-state index < -0.39 is 5.97 Å². The molecule has 0 unspecified atom stereocenters. The number of hydrogen-bond acceptors (Lipinski definition) is 4. The molecule has 0 N–H and O–H groups in total. The molecule has 0 fully saturated rings. The molecule has 20 heavy (non-hydrogen) atoms. The lowest BCUT2D eigenvalue weighted by atomic mass is 10.1. The van der Waals surface area contributed by atoms with E-state index in [0.29, 0.717) is 11.6 Å². The zero-order chi connectivity index (χ0) is 14.1. The molecule has 1 aromatic heterocycles. The highest BCUT2D eigenvalue weighted by Gasteiger charge is 2.25. The van der Waals surface area contributed by atoms with Crippen LogP contribution in [0.15, 0.2) is 50.9 Å². The summed E-state index contributed by atoms with van der Waals surface area (Å²) in [5.41, 5.74) is 2.20. The Bertz CT molecular complexity index is 746. The molecule has 1 aliphatic rings. The Morgan fingerprint density at radius 1 is 1.25 bits per heavy atom.